The van der Waals surface area contributed by atoms with Crippen molar-refractivity contribution in [1.29, 1.82) is 0 Å². The third kappa shape index (κ3) is 4.03. The summed E-state index contributed by atoms with van der Waals surface area (Å²) in [5.74, 6) is 0.508. The topological polar surface area (TPSA) is 21.3 Å². The molecule has 1 N–H and O–H groups in total. The Morgan fingerprint density at radius 2 is 2.31 bits per heavy atom. The van der Waals surface area contributed by atoms with E-state index in [1.807, 2.05) is 6.92 Å². The van der Waals surface area contributed by atoms with Crippen LogP contribution in [0.25, 0.3) is 0 Å². The van der Waals surface area contributed by atoms with Crippen molar-refractivity contribution in [3.05, 3.63) is 42.2 Å². The molecule has 1 rings (SSSR count). The Labute approximate surface area is 96.1 Å². The molecule has 0 bridgehead atoms. The Bertz CT molecular complexity index is 339. The van der Waals surface area contributed by atoms with Crippen LogP contribution in [0, 0.1) is 5.82 Å². The highest BCUT2D eigenvalue weighted by atomic mass is 19.1. The van der Waals surface area contributed by atoms with Gasteiger partial charge in [-0.25, -0.2) is 4.39 Å². The Balaban J connectivity index is 2.68. The molecule has 0 aliphatic heterocycles. The lowest BCUT2D eigenvalue weighted by Gasteiger charge is -2.11. The van der Waals surface area contributed by atoms with Crippen LogP contribution in [-0.2, 0) is 6.54 Å². The molecule has 0 atom stereocenters. The minimum Gasteiger partial charge on any atom is -0.493 e. The first-order valence-corrected chi connectivity index (χ1v) is 5.50. The van der Waals surface area contributed by atoms with Gasteiger partial charge in [-0.15, -0.1) is 6.58 Å². The van der Waals surface area contributed by atoms with Crippen LogP contribution in [0.3, 0.4) is 0 Å². The van der Waals surface area contributed by atoms with Crippen molar-refractivity contribution in [2.24, 2.45) is 0 Å². The highest BCUT2D eigenvalue weighted by Gasteiger charge is 2.04. The van der Waals surface area contributed by atoms with Gasteiger partial charge in [-0.3, -0.25) is 0 Å². The van der Waals surface area contributed by atoms with Gasteiger partial charge < -0.3 is 10.1 Å². The van der Waals surface area contributed by atoms with Crippen LogP contribution in [-0.4, -0.2) is 13.2 Å². The predicted molar refractivity (Wildman–Crippen MR) is 64.1 cm³/mol. The van der Waals surface area contributed by atoms with Crippen molar-refractivity contribution >= 4 is 0 Å². The predicted octanol–water partition coefficient (Wildman–Crippen LogP) is 2.89. The maximum absolute atomic E-state index is 13.1. The summed E-state index contributed by atoms with van der Waals surface area (Å²) in [4.78, 5) is 0. The summed E-state index contributed by atoms with van der Waals surface area (Å²) < 4.78 is 18.6. The summed E-state index contributed by atoms with van der Waals surface area (Å²) in [6, 6.07) is 4.59. The van der Waals surface area contributed by atoms with E-state index < -0.39 is 0 Å². The maximum atomic E-state index is 13.1. The standard InChI is InChI=1S/C13H18FNO/c1-3-5-8-16-13-7-6-12(14)9-11(13)10-15-4-2/h3,6-7,9,15H,1,4-5,8,10H2,2H3. The molecule has 0 fully saturated rings. The van der Waals surface area contributed by atoms with Crippen molar-refractivity contribution in [2.75, 3.05) is 13.2 Å². The Morgan fingerprint density at radius 3 is 3.00 bits per heavy atom. The molecule has 3 heteroatoms. The zero-order valence-electron chi connectivity index (χ0n) is 9.63. The van der Waals surface area contributed by atoms with Crippen molar-refractivity contribution in [2.45, 2.75) is 19.9 Å². The lowest BCUT2D eigenvalue weighted by atomic mass is 10.2. The summed E-state index contributed by atoms with van der Waals surface area (Å²) in [7, 11) is 0. The first kappa shape index (κ1) is 12.7. The van der Waals surface area contributed by atoms with E-state index in [1.165, 1.54) is 12.1 Å². The third-order valence-corrected chi connectivity index (χ3v) is 2.17. The lowest BCUT2D eigenvalue weighted by Crippen LogP contribution is -2.13. The first-order valence-electron chi connectivity index (χ1n) is 5.50. The summed E-state index contributed by atoms with van der Waals surface area (Å²) in [6.45, 7) is 7.69. The Morgan fingerprint density at radius 1 is 1.50 bits per heavy atom. The number of nitrogens with one attached hydrogen (secondary N) is 1. The highest BCUT2D eigenvalue weighted by Crippen LogP contribution is 2.19. The van der Waals surface area contributed by atoms with Crippen LogP contribution in [0.1, 0.15) is 18.9 Å². The van der Waals surface area contributed by atoms with Crippen LogP contribution < -0.4 is 10.1 Å². The van der Waals surface area contributed by atoms with Gasteiger partial charge in [-0.1, -0.05) is 13.0 Å². The second-order valence-corrected chi connectivity index (χ2v) is 3.46. The summed E-state index contributed by atoms with van der Waals surface area (Å²) >= 11 is 0. The molecule has 0 heterocycles. The number of hydrogen-bond donors (Lipinski definition) is 1. The second-order valence-electron chi connectivity index (χ2n) is 3.46. The molecule has 1 aromatic carbocycles. The largest absolute Gasteiger partial charge is 0.493 e. The van der Waals surface area contributed by atoms with Gasteiger partial charge in [0.05, 0.1) is 6.61 Å². The normalized spacial score (nSPS) is 10.1. The van der Waals surface area contributed by atoms with E-state index in [4.69, 9.17) is 4.74 Å². The monoisotopic (exact) mass is 223 g/mol. The van der Waals surface area contributed by atoms with E-state index in [1.54, 1.807) is 12.1 Å². The molecule has 2 nitrogen and oxygen atoms in total. The van der Waals surface area contributed by atoms with Crippen molar-refractivity contribution in [1.82, 2.24) is 5.32 Å². The van der Waals surface area contributed by atoms with E-state index in [-0.39, 0.29) is 5.82 Å². The number of rotatable bonds is 7. The second kappa shape index (κ2) is 7.01. The summed E-state index contributed by atoms with van der Waals surface area (Å²) in [5.41, 5.74) is 0.853. The smallest absolute Gasteiger partial charge is 0.123 e. The minimum atomic E-state index is -0.232. The van der Waals surface area contributed by atoms with Gasteiger partial charge in [0.15, 0.2) is 0 Å². The molecule has 0 radical (unpaired) electrons. The zero-order chi connectivity index (χ0) is 11.8. The number of benzene rings is 1. The van der Waals surface area contributed by atoms with Gasteiger partial charge in [0.2, 0.25) is 0 Å². The van der Waals surface area contributed by atoms with E-state index in [9.17, 15) is 4.39 Å². The van der Waals surface area contributed by atoms with Gasteiger partial charge >= 0.3 is 0 Å². The molecule has 1 aromatic rings. The van der Waals surface area contributed by atoms with E-state index in [2.05, 4.69) is 11.9 Å². The molecule has 0 aliphatic carbocycles. The van der Waals surface area contributed by atoms with Crippen LogP contribution in [0.5, 0.6) is 5.75 Å². The Hall–Kier alpha value is -1.35. The van der Waals surface area contributed by atoms with E-state index in [0.717, 1.165) is 24.3 Å². The maximum Gasteiger partial charge on any atom is 0.123 e. The van der Waals surface area contributed by atoms with Crippen molar-refractivity contribution in [3.8, 4) is 5.75 Å². The van der Waals surface area contributed by atoms with Gasteiger partial charge in [-0.05, 0) is 31.2 Å². The highest BCUT2D eigenvalue weighted by molar-refractivity contribution is 5.33. The quantitative estimate of drug-likeness (QED) is 0.567. The van der Waals surface area contributed by atoms with Gasteiger partial charge in [0.1, 0.15) is 11.6 Å². The minimum absolute atomic E-state index is 0.232. The first-order chi connectivity index (χ1) is 7.77. The lowest BCUT2D eigenvalue weighted by molar-refractivity contribution is 0.320. The molecule has 0 saturated heterocycles. The molecule has 0 aromatic heterocycles. The molecule has 0 amide bonds. The molecule has 0 unspecified atom stereocenters. The van der Waals surface area contributed by atoms with Crippen molar-refractivity contribution < 1.29 is 9.13 Å². The molecule has 0 aliphatic rings. The number of halogens is 1. The zero-order valence-corrected chi connectivity index (χ0v) is 9.63. The molecule has 16 heavy (non-hydrogen) atoms. The van der Waals surface area contributed by atoms with Gasteiger partial charge in [0.25, 0.3) is 0 Å². The van der Waals surface area contributed by atoms with Crippen LogP contribution in [0.15, 0.2) is 30.9 Å². The third-order valence-electron chi connectivity index (χ3n) is 2.17. The van der Waals surface area contributed by atoms with Crippen molar-refractivity contribution in [3.63, 3.8) is 0 Å². The SMILES string of the molecule is C=CCCOc1ccc(F)cc1CNCC. The molecule has 88 valence electrons. The average Bonchev–Trinajstić information content (AvgIpc) is 2.29. The molecule has 0 saturated carbocycles. The molecule has 0 spiro atoms. The van der Waals surface area contributed by atoms with Gasteiger partial charge in [0, 0.05) is 12.1 Å². The average molecular weight is 223 g/mol. The van der Waals surface area contributed by atoms with Gasteiger partial charge in [-0.2, -0.15) is 0 Å². The molecular weight excluding hydrogens is 205 g/mol. The van der Waals surface area contributed by atoms with E-state index in [0.29, 0.717) is 13.2 Å². The number of hydrogen-bond acceptors (Lipinski definition) is 2. The van der Waals surface area contributed by atoms with Crippen LogP contribution in [0.2, 0.25) is 0 Å². The fraction of sp³-hybridized carbons (Fsp3) is 0.385. The molecular formula is C13H18FNO. The van der Waals surface area contributed by atoms with E-state index >= 15 is 0 Å². The fourth-order valence-electron chi connectivity index (χ4n) is 1.34. The summed E-state index contributed by atoms with van der Waals surface area (Å²) in [5, 5.41) is 3.16. The number of ether oxygens (including phenoxy) is 1. The van der Waals surface area contributed by atoms with Crippen LogP contribution in [0.4, 0.5) is 4.39 Å². The Kier molecular flexibility index (Phi) is 5.57. The summed E-state index contributed by atoms with van der Waals surface area (Å²) in [6.07, 6.45) is 2.59. The van der Waals surface area contributed by atoms with Crippen LogP contribution >= 0.6 is 0 Å². The fourth-order valence-corrected chi connectivity index (χ4v) is 1.34.